The summed E-state index contributed by atoms with van der Waals surface area (Å²) in [4.78, 5) is 0. The van der Waals surface area contributed by atoms with E-state index in [0.29, 0.717) is 5.92 Å². The fourth-order valence-corrected chi connectivity index (χ4v) is 1.24. The van der Waals surface area contributed by atoms with Crippen LogP contribution in [0.2, 0.25) is 0 Å². The predicted octanol–water partition coefficient (Wildman–Crippen LogP) is 2.95. The number of rotatable bonds is 7. The summed E-state index contributed by atoms with van der Waals surface area (Å²) in [6.07, 6.45) is 8.21. The molecule has 1 nitrogen and oxygen atoms in total. The molecule has 0 fully saturated rings. The second-order valence-electron chi connectivity index (χ2n) is 3.34. The van der Waals surface area contributed by atoms with Crippen LogP contribution in [0.1, 0.15) is 39.5 Å². The molecule has 0 aliphatic rings. The van der Waals surface area contributed by atoms with Gasteiger partial charge in [0.15, 0.2) is 0 Å². The van der Waals surface area contributed by atoms with Crippen LogP contribution in [0.5, 0.6) is 0 Å². The van der Waals surface area contributed by atoms with Gasteiger partial charge in [-0.2, -0.15) is 0 Å². The zero-order valence-electron chi connectivity index (χ0n) is 8.29. The van der Waals surface area contributed by atoms with E-state index in [1.165, 1.54) is 6.42 Å². The first-order valence-electron chi connectivity index (χ1n) is 4.83. The van der Waals surface area contributed by atoms with Crippen molar-refractivity contribution < 1.29 is 5.11 Å². The first kappa shape index (κ1) is 11.7. The number of aliphatic hydroxyl groups is 1. The molecule has 0 aromatic rings. The van der Waals surface area contributed by atoms with Gasteiger partial charge in [-0.25, -0.2) is 0 Å². The van der Waals surface area contributed by atoms with Crippen LogP contribution in [0.25, 0.3) is 0 Å². The Morgan fingerprint density at radius 3 is 2.50 bits per heavy atom. The van der Waals surface area contributed by atoms with E-state index in [4.69, 9.17) is 0 Å². The van der Waals surface area contributed by atoms with Crippen molar-refractivity contribution in [3.63, 3.8) is 0 Å². The highest BCUT2D eigenvalue weighted by atomic mass is 16.3. The Bertz CT molecular complexity index is 108. The molecule has 1 radical (unpaired) electrons. The highest BCUT2D eigenvalue weighted by Gasteiger charge is 2.12. The van der Waals surface area contributed by atoms with Crippen molar-refractivity contribution in [3.05, 3.63) is 19.1 Å². The van der Waals surface area contributed by atoms with Crippen LogP contribution in [0.15, 0.2) is 12.7 Å². The standard InChI is InChI=1S/C11H21O/c1-4-6-7-9-11(8-5-2)10(3)12/h5,7,10-12H,2,4,6,8-9H2,1,3H3. The lowest BCUT2D eigenvalue weighted by Crippen LogP contribution is -2.15. The summed E-state index contributed by atoms with van der Waals surface area (Å²) in [5.74, 6) is 0.369. The number of unbranched alkanes of at least 4 members (excludes halogenated alkanes) is 2. The topological polar surface area (TPSA) is 20.2 Å². The molecule has 0 aliphatic carbocycles. The first-order valence-corrected chi connectivity index (χ1v) is 4.83. The third-order valence-corrected chi connectivity index (χ3v) is 2.11. The maximum absolute atomic E-state index is 9.37. The van der Waals surface area contributed by atoms with Gasteiger partial charge in [0, 0.05) is 0 Å². The largest absolute Gasteiger partial charge is 0.393 e. The lowest BCUT2D eigenvalue weighted by molar-refractivity contribution is 0.125. The normalized spacial score (nSPS) is 15.6. The zero-order chi connectivity index (χ0) is 9.40. The zero-order valence-corrected chi connectivity index (χ0v) is 8.29. The summed E-state index contributed by atoms with van der Waals surface area (Å²) < 4.78 is 0. The van der Waals surface area contributed by atoms with E-state index >= 15 is 0 Å². The minimum Gasteiger partial charge on any atom is -0.393 e. The lowest BCUT2D eigenvalue weighted by Gasteiger charge is -2.17. The summed E-state index contributed by atoms with van der Waals surface area (Å²) in [6, 6.07) is 0. The average molecular weight is 169 g/mol. The third-order valence-electron chi connectivity index (χ3n) is 2.11. The van der Waals surface area contributed by atoms with E-state index in [-0.39, 0.29) is 6.10 Å². The summed E-state index contributed by atoms with van der Waals surface area (Å²) in [6.45, 7) is 7.71. The molecule has 0 rings (SSSR count). The Balaban J connectivity index is 3.55. The fourth-order valence-electron chi connectivity index (χ4n) is 1.24. The fraction of sp³-hybridized carbons (Fsp3) is 0.727. The monoisotopic (exact) mass is 169 g/mol. The van der Waals surface area contributed by atoms with E-state index in [9.17, 15) is 5.11 Å². The SMILES string of the molecule is C=CCC(C[CH]CCC)C(C)O. The number of allylic oxidation sites excluding steroid dienone is 1. The van der Waals surface area contributed by atoms with Crippen molar-refractivity contribution in [2.24, 2.45) is 5.92 Å². The molecule has 1 N–H and O–H groups in total. The molecule has 0 amide bonds. The van der Waals surface area contributed by atoms with Crippen LogP contribution in [-0.2, 0) is 0 Å². The Morgan fingerprint density at radius 1 is 1.42 bits per heavy atom. The van der Waals surface area contributed by atoms with Gasteiger partial charge in [-0.05, 0) is 32.1 Å². The van der Waals surface area contributed by atoms with Gasteiger partial charge in [-0.15, -0.1) is 6.58 Å². The lowest BCUT2D eigenvalue weighted by atomic mass is 9.93. The van der Waals surface area contributed by atoms with Gasteiger partial charge >= 0.3 is 0 Å². The molecule has 2 atom stereocenters. The van der Waals surface area contributed by atoms with Gasteiger partial charge in [0.05, 0.1) is 6.10 Å². The van der Waals surface area contributed by atoms with E-state index in [1.807, 2.05) is 13.0 Å². The summed E-state index contributed by atoms with van der Waals surface area (Å²) >= 11 is 0. The number of aliphatic hydroxyl groups excluding tert-OH is 1. The van der Waals surface area contributed by atoms with Gasteiger partial charge in [-0.3, -0.25) is 0 Å². The van der Waals surface area contributed by atoms with Crippen molar-refractivity contribution in [1.29, 1.82) is 0 Å². The van der Waals surface area contributed by atoms with Crippen molar-refractivity contribution in [2.45, 2.75) is 45.6 Å². The third kappa shape index (κ3) is 5.36. The Morgan fingerprint density at radius 2 is 2.08 bits per heavy atom. The van der Waals surface area contributed by atoms with Crippen LogP contribution in [-0.4, -0.2) is 11.2 Å². The number of hydrogen-bond donors (Lipinski definition) is 1. The van der Waals surface area contributed by atoms with Crippen molar-refractivity contribution in [1.82, 2.24) is 0 Å². The van der Waals surface area contributed by atoms with Gasteiger partial charge in [0.2, 0.25) is 0 Å². The summed E-state index contributed by atoms with van der Waals surface area (Å²) in [5.41, 5.74) is 0. The van der Waals surface area contributed by atoms with Gasteiger partial charge < -0.3 is 5.11 Å². The molecule has 0 spiro atoms. The van der Waals surface area contributed by atoms with Crippen LogP contribution < -0.4 is 0 Å². The van der Waals surface area contributed by atoms with Crippen LogP contribution >= 0.6 is 0 Å². The first-order chi connectivity index (χ1) is 5.72. The van der Waals surface area contributed by atoms with E-state index in [0.717, 1.165) is 19.3 Å². The van der Waals surface area contributed by atoms with E-state index in [1.54, 1.807) is 0 Å². The smallest absolute Gasteiger partial charge is 0.0543 e. The molecule has 0 saturated heterocycles. The van der Waals surface area contributed by atoms with Gasteiger partial charge in [0.25, 0.3) is 0 Å². The van der Waals surface area contributed by atoms with E-state index in [2.05, 4.69) is 19.9 Å². The average Bonchev–Trinajstić information content (AvgIpc) is 2.03. The molecule has 0 aliphatic heterocycles. The second-order valence-corrected chi connectivity index (χ2v) is 3.34. The molecule has 2 unspecified atom stereocenters. The van der Waals surface area contributed by atoms with E-state index < -0.39 is 0 Å². The van der Waals surface area contributed by atoms with Crippen molar-refractivity contribution >= 4 is 0 Å². The molecule has 0 heterocycles. The molecular formula is C11H21O. The Hall–Kier alpha value is -0.300. The maximum Gasteiger partial charge on any atom is 0.0543 e. The Labute approximate surface area is 76.5 Å². The van der Waals surface area contributed by atoms with Crippen LogP contribution in [0.4, 0.5) is 0 Å². The quantitative estimate of drug-likeness (QED) is 0.459. The Kier molecular flexibility index (Phi) is 7.17. The highest BCUT2D eigenvalue weighted by molar-refractivity contribution is 4.80. The van der Waals surface area contributed by atoms with Crippen LogP contribution in [0, 0.1) is 12.3 Å². The molecule has 0 aromatic carbocycles. The number of hydrogen-bond acceptors (Lipinski definition) is 1. The van der Waals surface area contributed by atoms with Crippen molar-refractivity contribution in [3.8, 4) is 0 Å². The molecule has 12 heavy (non-hydrogen) atoms. The summed E-state index contributed by atoms with van der Waals surface area (Å²) in [7, 11) is 0. The minimum atomic E-state index is -0.212. The predicted molar refractivity (Wildman–Crippen MR) is 53.8 cm³/mol. The highest BCUT2D eigenvalue weighted by Crippen LogP contribution is 2.17. The van der Waals surface area contributed by atoms with Crippen molar-refractivity contribution in [2.75, 3.05) is 0 Å². The molecule has 0 aromatic heterocycles. The molecule has 0 saturated carbocycles. The van der Waals surface area contributed by atoms with Crippen LogP contribution in [0.3, 0.4) is 0 Å². The van der Waals surface area contributed by atoms with Gasteiger partial charge in [0.1, 0.15) is 0 Å². The maximum atomic E-state index is 9.37. The summed E-state index contributed by atoms with van der Waals surface area (Å²) in [5, 5.41) is 9.37. The minimum absolute atomic E-state index is 0.212. The molecule has 0 bridgehead atoms. The molecular weight excluding hydrogens is 148 g/mol. The molecule has 1 heteroatoms. The molecule has 71 valence electrons. The van der Waals surface area contributed by atoms with Gasteiger partial charge in [-0.1, -0.05) is 25.8 Å². The second kappa shape index (κ2) is 7.35.